The van der Waals surface area contributed by atoms with Crippen molar-refractivity contribution in [3.8, 4) is 11.5 Å². The van der Waals surface area contributed by atoms with Crippen molar-refractivity contribution in [1.29, 1.82) is 0 Å². The molecular formula is C28H38N6O3. The van der Waals surface area contributed by atoms with Crippen molar-refractivity contribution in [1.82, 2.24) is 19.8 Å². The third-order valence-electron chi connectivity index (χ3n) is 7.51. The fourth-order valence-corrected chi connectivity index (χ4v) is 5.31. The number of carbonyl (C=O) groups is 1. The molecule has 2 amide bonds. The number of nitrogens with two attached hydrogens (primary N) is 1. The summed E-state index contributed by atoms with van der Waals surface area (Å²) in [5.41, 5.74) is 8.17. The van der Waals surface area contributed by atoms with E-state index in [0.717, 1.165) is 31.3 Å². The van der Waals surface area contributed by atoms with Crippen LogP contribution in [0.2, 0.25) is 0 Å². The van der Waals surface area contributed by atoms with E-state index in [-0.39, 0.29) is 11.4 Å². The molecule has 3 aromatic rings. The largest absolute Gasteiger partial charge is 0.493 e. The quantitative estimate of drug-likeness (QED) is 0.490. The molecule has 1 saturated heterocycles. The molecule has 1 aliphatic heterocycles. The Morgan fingerprint density at radius 1 is 1.03 bits per heavy atom. The van der Waals surface area contributed by atoms with Gasteiger partial charge in [-0.25, -0.2) is 9.78 Å². The lowest BCUT2D eigenvalue weighted by molar-refractivity contribution is 0.128. The van der Waals surface area contributed by atoms with Crippen molar-refractivity contribution < 1.29 is 14.3 Å². The number of benzene rings is 2. The van der Waals surface area contributed by atoms with Gasteiger partial charge < -0.3 is 29.9 Å². The number of nitrogen functional groups attached to an aromatic ring is 1. The highest BCUT2D eigenvalue weighted by Crippen LogP contribution is 2.38. The average molecular weight is 507 g/mol. The van der Waals surface area contributed by atoms with Crippen LogP contribution in [0, 0.1) is 0 Å². The molecule has 37 heavy (non-hydrogen) atoms. The Balaban J connectivity index is 1.63. The zero-order valence-electron chi connectivity index (χ0n) is 22.5. The summed E-state index contributed by atoms with van der Waals surface area (Å²) in [7, 11) is 5.19. The fourth-order valence-electron chi connectivity index (χ4n) is 5.31. The third-order valence-corrected chi connectivity index (χ3v) is 7.51. The topological polar surface area (TPSA) is 97.1 Å². The molecule has 1 aromatic heterocycles. The van der Waals surface area contributed by atoms with Crippen LogP contribution in [0.4, 0.5) is 16.6 Å². The molecule has 0 saturated carbocycles. The molecule has 1 aliphatic rings. The average Bonchev–Trinajstić information content (AvgIpc) is 2.93. The number of likely N-dealkylation sites (N-methyl/N-ethyl adjacent to an activating group) is 1. The Kier molecular flexibility index (Phi) is 7.90. The smallest absolute Gasteiger partial charge is 0.319 e. The number of anilines is 2. The normalized spacial score (nSPS) is 14.9. The predicted molar refractivity (Wildman–Crippen MR) is 148 cm³/mol. The van der Waals surface area contributed by atoms with Crippen LogP contribution < -0.4 is 20.1 Å². The van der Waals surface area contributed by atoms with E-state index >= 15 is 0 Å². The first kappa shape index (κ1) is 26.3. The number of methoxy groups -OCH3 is 2. The van der Waals surface area contributed by atoms with Gasteiger partial charge in [0, 0.05) is 56.6 Å². The van der Waals surface area contributed by atoms with Gasteiger partial charge in [0.2, 0.25) is 5.95 Å². The minimum atomic E-state index is -0.152. The number of nitrogens with zero attached hydrogens (tertiary/aromatic N) is 5. The standard InChI is InChI=1S/C28H38N6O3/c1-6-33(7-2)27(35)34-15-13-28(14-16-34,20-11-9-8-10-12-20)19-32(3)26-30-22-18-24(37-5)23(36-4)17-21(22)25(29)31-26/h8-12,17-18H,6-7,13-16,19H2,1-5H3,(H2,29,30,31). The minimum absolute atomic E-state index is 0.120. The Morgan fingerprint density at radius 3 is 2.24 bits per heavy atom. The van der Waals surface area contributed by atoms with Gasteiger partial charge in [0.25, 0.3) is 0 Å². The van der Waals surface area contributed by atoms with Crippen LogP contribution in [-0.4, -0.2) is 79.8 Å². The summed E-state index contributed by atoms with van der Waals surface area (Å²) in [5, 5.41) is 0.718. The van der Waals surface area contributed by atoms with Crippen LogP contribution in [0.5, 0.6) is 11.5 Å². The molecule has 0 unspecified atom stereocenters. The van der Waals surface area contributed by atoms with Gasteiger partial charge in [-0.2, -0.15) is 4.98 Å². The van der Waals surface area contributed by atoms with Crippen LogP contribution in [0.3, 0.4) is 0 Å². The molecule has 4 rings (SSSR count). The second-order valence-electron chi connectivity index (χ2n) is 9.58. The maximum atomic E-state index is 13.0. The summed E-state index contributed by atoms with van der Waals surface area (Å²) in [5.74, 6) is 2.11. The van der Waals surface area contributed by atoms with Gasteiger partial charge in [0.15, 0.2) is 11.5 Å². The first-order valence-electron chi connectivity index (χ1n) is 12.9. The van der Waals surface area contributed by atoms with Crippen molar-refractivity contribution in [3.05, 3.63) is 48.0 Å². The van der Waals surface area contributed by atoms with Crippen LogP contribution in [0.25, 0.3) is 10.9 Å². The van der Waals surface area contributed by atoms with Gasteiger partial charge in [0.05, 0.1) is 19.7 Å². The molecule has 0 spiro atoms. The molecule has 2 heterocycles. The first-order valence-corrected chi connectivity index (χ1v) is 12.9. The van der Waals surface area contributed by atoms with Gasteiger partial charge in [-0.3, -0.25) is 0 Å². The Morgan fingerprint density at radius 2 is 1.65 bits per heavy atom. The number of amides is 2. The molecule has 9 heteroatoms. The monoisotopic (exact) mass is 506 g/mol. The Bertz CT molecular complexity index is 1220. The summed E-state index contributed by atoms with van der Waals surface area (Å²) in [6.07, 6.45) is 1.70. The Labute approximate surface area is 219 Å². The van der Waals surface area contributed by atoms with E-state index in [2.05, 4.69) is 34.1 Å². The van der Waals surface area contributed by atoms with E-state index in [4.69, 9.17) is 20.2 Å². The van der Waals surface area contributed by atoms with Crippen molar-refractivity contribution in [2.24, 2.45) is 0 Å². The molecule has 0 atom stereocenters. The van der Waals surface area contributed by atoms with Crippen LogP contribution in [-0.2, 0) is 5.41 Å². The number of carbonyl (C=O) groups excluding carboxylic acids is 1. The molecule has 9 nitrogen and oxygen atoms in total. The van der Waals surface area contributed by atoms with E-state index < -0.39 is 0 Å². The van der Waals surface area contributed by atoms with Gasteiger partial charge in [0.1, 0.15) is 5.82 Å². The van der Waals surface area contributed by atoms with E-state index in [1.54, 1.807) is 20.3 Å². The number of likely N-dealkylation sites (tertiary alicyclic amines) is 1. The number of hydrogen-bond acceptors (Lipinski definition) is 7. The molecule has 1 fully saturated rings. The predicted octanol–water partition coefficient (Wildman–Crippen LogP) is 4.16. The van der Waals surface area contributed by atoms with Crippen LogP contribution >= 0.6 is 0 Å². The van der Waals surface area contributed by atoms with Crippen molar-refractivity contribution in [2.45, 2.75) is 32.1 Å². The first-order chi connectivity index (χ1) is 17.9. The lowest BCUT2D eigenvalue weighted by Crippen LogP contribution is -2.53. The molecule has 0 aliphatic carbocycles. The van der Waals surface area contributed by atoms with E-state index in [1.165, 1.54) is 5.56 Å². The highest BCUT2D eigenvalue weighted by atomic mass is 16.5. The molecule has 198 valence electrons. The maximum Gasteiger partial charge on any atom is 0.319 e. The third kappa shape index (κ3) is 5.21. The highest BCUT2D eigenvalue weighted by molar-refractivity contribution is 5.91. The fraction of sp³-hybridized carbons (Fsp3) is 0.464. The highest BCUT2D eigenvalue weighted by Gasteiger charge is 2.39. The van der Waals surface area contributed by atoms with Gasteiger partial charge in [-0.15, -0.1) is 0 Å². The zero-order valence-corrected chi connectivity index (χ0v) is 22.5. The summed E-state index contributed by atoms with van der Waals surface area (Å²) >= 11 is 0. The van der Waals surface area contributed by atoms with E-state index in [0.29, 0.717) is 48.4 Å². The number of piperidine rings is 1. The second-order valence-corrected chi connectivity index (χ2v) is 9.58. The lowest BCUT2D eigenvalue weighted by atomic mass is 9.72. The molecule has 2 aromatic carbocycles. The zero-order chi connectivity index (χ0) is 26.6. The van der Waals surface area contributed by atoms with Crippen LogP contribution in [0.15, 0.2) is 42.5 Å². The number of fused-ring (bicyclic) bond motifs is 1. The van der Waals surface area contributed by atoms with Gasteiger partial charge in [-0.05, 0) is 38.3 Å². The van der Waals surface area contributed by atoms with Crippen molar-refractivity contribution in [3.63, 3.8) is 0 Å². The maximum absolute atomic E-state index is 13.0. The molecule has 0 bridgehead atoms. The van der Waals surface area contributed by atoms with Crippen LogP contribution in [0.1, 0.15) is 32.3 Å². The Hall–Kier alpha value is -3.75. The molecule has 0 radical (unpaired) electrons. The molecular weight excluding hydrogens is 468 g/mol. The van der Waals surface area contributed by atoms with E-state index in [1.807, 2.05) is 42.8 Å². The van der Waals surface area contributed by atoms with Gasteiger partial charge in [-0.1, -0.05) is 30.3 Å². The van der Waals surface area contributed by atoms with Crippen molar-refractivity contribution in [2.75, 3.05) is 64.6 Å². The number of ether oxygens (including phenoxy) is 2. The van der Waals surface area contributed by atoms with Gasteiger partial charge >= 0.3 is 6.03 Å². The van der Waals surface area contributed by atoms with Crippen molar-refractivity contribution >= 4 is 28.7 Å². The second kappa shape index (κ2) is 11.1. The number of aromatic nitrogens is 2. The summed E-state index contributed by atoms with van der Waals surface area (Å²) in [4.78, 5) is 28.4. The lowest BCUT2D eigenvalue weighted by Gasteiger charge is -2.45. The van der Waals surface area contributed by atoms with E-state index in [9.17, 15) is 4.79 Å². The summed E-state index contributed by atoms with van der Waals surface area (Å²) in [6.45, 7) is 7.59. The number of hydrogen-bond donors (Lipinski definition) is 1. The minimum Gasteiger partial charge on any atom is -0.493 e. The number of urea groups is 1. The number of rotatable bonds is 8. The summed E-state index contributed by atoms with van der Waals surface area (Å²) < 4.78 is 10.9. The summed E-state index contributed by atoms with van der Waals surface area (Å²) in [6, 6.07) is 14.3. The SMILES string of the molecule is CCN(CC)C(=O)N1CCC(CN(C)c2nc(N)c3cc(OC)c(OC)cc3n2)(c2ccccc2)CC1. The molecule has 2 N–H and O–H groups in total.